The van der Waals surface area contributed by atoms with Crippen molar-refractivity contribution in [3.05, 3.63) is 58.6 Å². The molecular formula is C18H18N4O3. The molecule has 25 heavy (non-hydrogen) atoms. The first-order valence-electron chi connectivity index (χ1n) is 8.28. The maximum atomic E-state index is 12.9. The van der Waals surface area contributed by atoms with Crippen molar-refractivity contribution in [2.45, 2.75) is 18.8 Å². The minimum Gasteiger partial charge on any atom is -0.408 e. The van der Waals surface area contributed by atoms with Crippen LogP contribution in [0.15, 0.2) is 46.0 Å². The Hall–Kier alpha value is -2.96. The van der Waals surface area contributed by atoms with E-state index >= 15 is 0 Å². The molecule has 7 nitrogen and oxygen atoms in total. The van der Waals surface area contributed by atoms with Crippen molar-refractivity contribution in [3.63, 3.8) is 0 Å². The summed E-state index contributed by atoms with van der Waals surface area (Å²) in [4.78, 5) is 34.9. The molecule has 2 aromatic heterocycles. The Morgan fingerprint density at radius 1 is 1.32 bits per heavy atom. The van der Waals surface area contributed by atoms with E-state index in [1.807, 2.05) is 4.90 Å². The van der Waals surface area contributed by atoms with Crippen LogP contribution in [0.5, 0.6) is 0 Å². The van der Waals surface area contributed by atoms with Crippen molar-refractivity contribution in [2.24, 2.45) is 7.05 Å². The summed E-state index contributed by atoms with van der Waals surface area (Å²) < 4.78 is 6.53. The Balaban J connectivity index is 1.60. The van der Waals surface area contributed by atoms with Gasteiger partial charge >= 0.3 is 5.76 Å². The number of fused-ring (bicyclic) bond motifs is 1. The maximum absolute atomic E-state index is 12.9. The molecule has 1 aliphatic heterocycles. The smallest absolute Gasteiger partial charge is 0.408 e. The molecule has 3 heterocycles. The number of benzene rings is 1. The lowest BCUT2D eigenvalue weighted by Gasteiger charge is -2.32. The molecule has 1 amide bonds. The minimum absolute atomic E-state index is 0.0378. The van der Waals surface area contributed by atoms with Crippen LogP contribution >= 0.6 is 0 Å². The molecule has 0 bridgehead atoms. The largest absolute Gasteiger partial charge is 0.419 e. The van der Waals surface area contributed by atoms with Gasteiger partial charge in [-0.25, -0.2) is 4.79 Å². The van der Waals surface area contributed by atoms with Gasteiger partial charge in [0.2, 0.25) is 0 Å². The number of hydrogen-bond donors (Lipinski definition) is 0. The highest BCUT2D eigenvalue weighted by Gasteiger charge is 2.26. The summed E-state index contributed by atoms with van der Waals surface area (Å²) >= 11 is 0. The number of carbonyl (C=O) groups is 1. The van der Waals surface area contributed by atoms with E-state index < -0.39 is 5.76 Å². The van der Waals surface area contributed by atoms with Gasteiger partial charge in [-0.2, -0.15) is 0 Å². The Morgan fingerprint density at radius 2 is 2.20 bits per heavy atom. The predicted octanol–water partition coefficient (Wildman–Crippen LogP) is 1.94. The van der Waals surface area contributed by atoms with Crippen LogP contribution in [0.2, 0.25) is 0 Å². The Bertz CT molecular complexity index is 977. The second kappa shape index (κ2) is 6.16. The van der Waals surface area contributed by atoms with Crippen LogP contribution < -0.4 is 5.76 Å². The summed E-state index contributed by atoms with van der Waals surface area (Å²) in [6.45, 7) is 1.35. The summed E-state index contributed by atoms with van der Waals surface area (Å²) in [5.74, 6) is -0.266. The zero-order chi connectivity index (χ0) is 17.4. The van der Waals surface area contributed by atoms with Gasteiger partial charge in [0.1, 0.15) is 0 Å². The highest BCUT2D eigenvalue weighted by atomic mass is 16.4. The predicted molar refractivity (Wildman–Crippen MR) is 91.4 cm³/mol. The fourth-order valence-corrected chi connectivity index (χ4v) is 3.37. The Morgan fingerprint density at radius 3 is 3.00 bits per heavy atom. The van der Waals surface area contributed by atoms with Crippen molar-refractivity contribution in [3.8, 4) is 0 Å². The number of aryl methyl sites for hydroxylation is 1. The lowest BCUT2D eigenvalue weighted by atomic mass is 9.94. The quantitative estimate of drug-likeness (QED) is 0.713. The number of amides is 1. The molecule has 0 aliphatic carbocycles. The second-order valence-corrected chi connectivity index (χ2v) is 6.33. The van der Waals surface area contributed by atoms with E-state index in [-0.39, 0.29) is 11.8 Å². The van der Waals surface area contributed by atoms with Gasteiger partial charge in [0.15, 0.2) is 5.58 Å². The fourth-order valence-electron chi connectivity index (χ4n) is 3.37. The van der Waals surface area contributed by atoms with Gasteiger partial charge in [-0.1, -0.05) is 0 Å². The van der Waals surface area contributed by atoms with Crippen molar-refractivity contribution in [2.75, 3.05) is 13.1 Å². The first kappa shape index (κ1) is 15.6. The minimum atomic E-state index is -0.430. The SMILES string of the molecule is Cn1c(=O)oc2ccc(C(=O)N3CCCC(c4cnccn4)C3)cc21. The second-order valence-electron chi connectivity index (χ2n) is 6.33. The van der Waals surface area contributed by atoms with E-state index in [4.69, 9.17) is 4.42 Å². The number of nitrogens with zero attached hydrogens (tertiary/aromatic N) is 4. The third-order valence-electron chi connectivity index (χ3n) is 4.75. The molecule has 1 unspecified atom stereocenters. The summed E-state index contributed by atoms with van der Waals surface area (Å²) in [5.41, 5.74) is 2.59. The van der Waals surface area contributed by atoms with E-state index in [1.54, 1.807) is 43.8 Å². The fraction of sp³-hybridized carbons (Fsp3) is 0.333. The number of piperidine rings is 1. The summed E-state index contributed by atoms with van der Waals surface area (Å²) in [6.07, 6.45) is 7.03. The van der Waals surface area contributed by atoms with Crippen molar-refractivity contribution in [1.29, 1.82) is 0 Å². The van der Waals surface area contributed by atoms with Crippen LogP contribution in [0.3, 0.4) is 0 Å². The van der Waals surface area contributed by atoms with Gasteiger partial charge in [-0.3, -0.25) is 19.3 Å². The average Bonchev–Trinajstić information content (AvgIpc) is 2.95. The zero-order valence-electron chi connectivity index (χ0n) is 13.9. The highest BCUT2D eigenvalue weighted by Crippen LogP contribution is 2.26. The zero-order valence-corrected chi connectivity index (χ0v) is 13.9. The number of carbonyl (C=O) groups excluding carboxylic acids is 1. The molecule has 0 N–H and O–H groups in total. The van der Waals surface area contributed by atoms with Crippen LogP contribution in [-0.2, 0) is 7.05 Å². The molecule has 128 valence electrons. The van der Waals surface area contributed by atoms with Gasteiger partial charge in [-0.05, 0) is 31.0 Å². The number of aromatic nitrogens is 3. The van der Waals surface area contributed by atoms with Crippen molar-refractivity contribution >= 4 is 17.0 Å². The van der Waals surface area contributed by atoms with Gasteiger partial charge in [0, 0.05) is 50.2 Å². The van der Waals surface area contributed by atoms with Crippen LogP contribution in [0.1, 0.15) is 34.8 Å². The lowest BCUT2D eigenvalue weighted by molar-refractivity contribution is 0.0706. The molecule has 1 aromatic carbocycles. The third-order valence-corrected chi connectivity index (χ3v) is 4.75. The van der Waals surface area contributed by atoms with Crippen LogP contribution in [0.25, 0.3) is 11.1 Å². The standard InChI is InChI=1S/C18H18N4O3/c1-21-15-9-12(4-5-16(15)25-18(21)24)17(23)22-8-2-3-13(11-22)14-10-19-6-7-20-14/h4-7,9-10,13H,2-3,8,11H2,1H3. The van der Waals surface area contributed by atoms with E-state index in [0.717, 1.165) is 25.1 Å². The number of oxazole rings is 1. The van der Waals surface area contributed by atoms with E-state index in [9.17, 15) is 9.59 Å². The topological polar surface area (TPSA) is 81.2 Å². The molecule has 1 aliphatic rings. The van der Waals surface area contributed by atoms with E-state index in [1.165, 1.54) is 4.57 Å². The summed E-state index contributed by atoms with van der Waals surface area (Å²) in [7, 11) is 1.63. The van der Waals surface area contributed by atoms with E-state index in [0.29, 0.717) is 23.2 Å². The molecular weight excluding hydrogens is 320 g/mol. The molecule has 0 saturated carbocycles. The monoisotopic (exact) mass is 338 g/mol. The molecule has 1 fully saturated rings. The number of likely N-dealkylation sites (tertiary alicyclic amines) is 1. The molecule has 1 saturated heterocycles. The lowest BCUT2D eigenvalue weighted by Crippen LogP contribution is -2.39. The normalized spacial score (nSPS) is 17.8. The number of rotatable bonds is 2. The van der Waals surface area contributed by atoms with Gasteiger partial charge in [0.25, 0.3) is 5.91 Å². The Kier molecular flexibility index (Phi) is 3.83. The van der Waals surface area contributed by atoms with Crippen LogP contribution in [0.4, 0.5) is 0 Å². The van der Waals surface area contributed by atoms with Crippen molar-refractivity contribution < 1.29 is 9.21 Å². The molecule has 1 atom stereocenters. The first-order chi connectivity index (χ1) is 12.1. The molecule has 3 aromatic rings. The Labute approximate surface area is 143 Å². The van der Waals surface area contributed by atoms with E-state index in [2.05, 4.69) is 9.97 Å². The molecule has 0 radical (unpaired) electrons. The first-order valence-corrected chi connectivity index (χ1v) is 8.28. The maximum Gasteiger partial charge on any atom is 0.419 e. The average molecular weight is 338 g/mol. The molecule has 4 rings (SSSR count). The van der Waals surface area contributed by atoms with Gasteiger partial charge < -0.3 is 9.32 Å². The highest BCUT2D eigenvalue weighted by molar-refractivity contribution is 5.97. The van der Waals surface area contributed by atoms with Gasteiger partial charge in [-0.15, -0.1) is 0 Å². The number of hydrogen-bond acceptors (Lipinski definition) is 5. The van der Waals surface area contributed by atoms with Gasteiger partial charge in [0.05, 0.1) is 11.2 Å². The van der Waals surface area contributed by atoms with Crippen LogP contribution in [0, 0.1) is 0 Å². The molecule has 7 heteroatoms. The third kappa shape index (κ3) is 2.82. The summed E-state index contributed by atoms with van der Waals surface area (Å²) in [5, 5.41) is 0. The molecule has 0 spiro atoms. The van der Waals surface area contributed by atoms with Crippen molar-refractivity contribution in [1.82, 2.24) is 19.4 Å². The summed E-state index contributed by atoms with van der Waals surface area (Å²) in [6, 6.07) is 5.10. The van der Waals surface area contributed by atoms with Crippen LogP contribution in [-0.4, -0.2) is 38.4 Å².